The molecule has 0 radical (unpaired) electrons. The van der Waals surface area contributed by atoms with E-state index >= 15 is 0 Å². The summed E-state index contributed by atoms with van der Waals surface area (Å²) in [6, 6.07) is 0. The first-order valence-electron chi connectivity index (χ1n) is 12.4. The lowest BCUT2D eigenvalue weighted by Crippen LogP contribution is -2.41. The van der Waals surface area contributed by atoms with E-state index < -0.39 is 0 Å². The molecule has 0 fully saturated rings. The highest BCUT2D eigenvalue weighted by Crippen LogP contribution is 2.18. The lowest BCUT2D eigenvalue weighted by molar-refractivity contribution is -0.780. The first-order chi connectivity index (χ1) is 13.3. The first kappa shape index (κ1) is 24.4. The number of hydrogen-bond acceptors (Lipinski definition) is 1. The van der Waals surface area contributed by atoms with Crippen LogP contribution in [0.25, 0.3) is 0 Å². The van der Waals surface area contributed by atoms with E-state index in [9.17, 15) is 0 Å². The van der Waals surface area contributed by atoms with Crippen LogP contribution < -0.4 is 0 Å². The number of quaternary nitrogens is 1. The topological polar surface area (TPSA) is 12.4 Å². The van der Waals surface area contributed by atoms with Crippen LogP contribution in [0.2, 0.25) is 0 Å². The summed E-state index contributed by atoms with van der Waals surface area (Å²) in [6.45, 7) is 7.10. The molecule has 0 spiro atoms. The van der Waals surface area contributed by atoms with Crippen LogP contribution in [0.5, 0.6) is 0 Å². The molecule has 0 aliphatic carbocycles. The SMILES string of the molecule is CCCCCCCCCCCC[N+]1(CCCCCCCCCC)C=CN=C1. The molecule has 0 saturated heterocycles. The van der Waals surface area contributed by atoms with E-state index in [1.807, 2.05) is 6.20 Å². The van der Waals surface area contributed by atoms with Gasteiger partial charge in [0.05, 0.1) is 19.3 Å². The zero-order chi connectivity index (χ0) is 19.5. The highest BCUT2D eigenvalue weighted by Gasteiger charge is 2.24. The fraction of sp³-hybridized carbons (Fsp3) is 0.880. The van der Waals surface area contributed by atoms with Crippen LogP contribution in [0.1, 0.15) is 129 Å². The molecule has 158 valence electrons. The molecule has 27 heavy (non-hydrogen) atoms. The zero-order valence-corrected chi connectivity index (χ0v) is 18.8. The first-order valence-corrected chi connectivity index (χ1v) is 12.4. The summed E-state index contributed by atoms with van der Waals surface area (Å²) in [4.78, 5) is 4.42. The minimum atomic E-state index is 1.02. The zero-order valence-electron chi connectivity index (χ0n) is 18.8. The monoisotopic (exact) mass is 377 g/mol. The maximum atomic E-state index is 4.42. The minimum absolute atomic E-state index is 1.02. The van der Waals surface area contributed by atoms with Crippen molar-refractivity contribution in [1.82, 2.24) is 0 Å². The van der Waals surface area contributed by atoms with Crippen LogP contribution in [-0.2, 0) is 0 Å². The van der Waals surface area contributed by atoms with Gasteiger partial charge in [-0.2, -0.15) is 0 Å². The van der Waals surface area contributed by atoms with Gasteiger partial charge in [-0.1, -0.05) is 104 Å². The Morgan fingerprint density at radius 1 is 0.519 bits per heavy atom. The Labute approximate surface area is 171 Å². The molecular formula is C25H49N2+. The maximum absolute atomic E-state index is 4.42. The van der Waals surface area contributed by atoms with E-state index in [4.69, 9.17) is 0 Å². The Bertz CT molecular complexity index is 361. The third-order valence-corrected chi connectivity index (χ3v) is 6.10. The number of unbranched alkanes of at least 4 members (excludes halogenated alkanes) is 16. The average Bonchev–Trinajstić information content (AvgIpc) is 3.14. The third-order valence-electron chi connectivity index (χ3n) is 6.10. The second-order valence-corrected chi connectivity index (χ2v) is 8.77. The number of hydrogen-bond donors (Lipinski definition) is 0. The van der Waals surface area contributed by atoms with E-state index in [1.165, 1.54) is 129 Å². The maximum Gasteiger partial charge on any atom is 0.194 e. The molecule has 0 aromatic carbocycles. The van der Waals surface area contributed by atoms with Crippen molar-refractivity contribution < 1.29 is 4.48 Å². The normalized spacial score (nSPS) is 18.6. The molecule has 0 saturated carbocycles. The Morgan fingerprint density at radius 2 is 0.889 bits per heavy atom. The van der Waals surface area contributed by atoms with Gasteiger partial charge in [-0.25, -0.2) is 4.99 Å². The lowest BCUT2D eigenvalue weighted by atomic mass is 10.1. The second-order valence-electron chi connectivity index (χ2n) is 8.77. The molecule has 1 heterocycles. The Balaban J connectivity index is 2.00. The van der Waals surface area contributed by atoms with Crippen LogP contribution >= 0.6 is 0 Å². The molecule has 1 aliphatic rings. The van der Waals surface area contributed by atoms with Crippen molar-refractivity contribution >= 4 is 6.34 Å². The van der Waals surface area contributed by atoms with Gasteiger partial charge in [-0.3, -0.25) is 4.48 Å². The van der Waals surface area contributed by atoms with E-state index in [2.05, 4.69) is 31.4 Å². The molecule has 2 nitrogen and oxygen atoms in total. The molecule has 1 unspecified atom stereocenters. The van der Waals surface area contributed by atoms with Crippen molar-refractivity contribution in [1.29, 1.82) is 0 Å². The summed E-state index contributed by atoms with van der Waals surface area (Å²) in [5.74, 6) is 0. The van der Waals surface area contributed by atoms with E-state index in [0.717, 1.165) is 4.48 Å². The average molecular weight is 378 g/mol. The van der Waals surface area contributed by atoms with Gasteiger partial charge in [-0.15, -0.1) is 0 Å². The number of aliphatic imine (C=N–C) groups is 1. The standard InChI is InChI=1S/C25H49N2/c1-3-5-7-9-11-13-14-16-18-20-23-27(24-21-26-25-27)22-19-17-15-12-10-8-6-4-2/h21,24-25H,3-20,22-23H2,1-2H3/q+1. The van der Waals surface area contributed by atoms with Crippen molar-refractivity contribution in [3.05, 3.63) is 12.4 Å². The lowest BCUT2D eigenvalue weighted by Gasteiger charge is -2.27. The van der Waals surface area contributed by atoms with Crippen LogP contribution in [0.4, 0.5) is 0 Å². The Morgan fingerprint density at radius 3 is 1.22 bits per heavy atom. The minimum Gasteiger partial charge on any atom is -0.254 e. The van der Waals surface area contributed by atoms with Gasteiger partial charge in [0.15, 0.2) is 6.34 Å². The van der Waals surface area contributed by atoms with Gasteiger partial charge in [-0.05, 0) is 25.7 Å². The molecule has 0 aromatic heterocycles. The molecule has 0 aromatic rings. The molecule has 1 rings (SSSR count). The van der Waals surface area contributed by atoms with Crippen LogP contribution in [0, 0.1) is 0 Å². The van der Waals surface area contributed by atoms with E-state index in [0.29, 0.717) is 0 Å². The molecular weight excluding hydrogens is 328 g/mol. The molecule has 1 atom stereocenters. The van der Waals surface area contributed by atoms with Crippen molar-refractivity contribution in [2.24, 2.45) is 4.99 Å². The quantitative estimate of drug-likeness (QED) is 0.149. The fourth-order valence-corrected chi connectivity index (χ4v) is 4.19. The highest BCUT2D eigenvalue weighted by atomic mass is 15.4. The van der Waals surface area contributed by atoms with E-state index in [-0.39, 0.29) is 0 Å². The fourth-order valence-electron chi connectivity index (χ4n) is 4.19. The van der Waals surface area contributed by atoms with Gasteiger partial charge in [0.1, 0.15) is 6.20 Å². The predicted octanol–water partition coefficient (Wildman–Crippen LogP) is 8.38. The van der Waals surface area contributed by atoms with Crippen molar-refractivity contribution in [3.63, 3.8) is 0 Å². The second kappa shape index (κ2) is 17.5. The number of rotatable bonds is 20. The van der Waals surface area contributed by atoms with Gasteiger partial charge < -0.3 is 0 Å². The molecule has 2 heteroatoms. The summed E-state index contributed by atoms with van der Waals surface area (Å²) in [7, 11) is 0. The molecule has 0 amide bonds. The Kier molecular flexibility index (Phi) is 15.8. The predicted molar refractivity (Wildman–Crippen MR) is 122 cm³/mol. The van der Waals surface area contributed by atoms with Crippen molar-refractivity contribution in [2.45, 2.75) is 129 Å². The van der Waals surface area contributed by atoms with Gasteiger partial charge in [0.25, 0.3) is 0 Å². The number of nitrogens with zero attached hydrogens (tertiary/aromatic N) is 2. The van der Waals surface area contributed by atoms with Crippen molar-refractivity contribution in [3.8, 4) is 0 Å². The third kappa shape index (κ3) is 13.2. The van der Waals surface area contributed by atoms with Gasteiger partial charge >= 0.3 is 0 Å². The van der Waals surface area contributed by atoms with Gasteiger partial charge in [0, 0.05) is 0 Å². The summed E-state index contributed by atoms with van der Waals surface area (Å²) >= 11 is 0. The Hall–Kier alpha value is -0.630. The largest absolute Gasteiger partial charge is 0.254 e. The molecule has 0 N–H and O–H groups in total. The van der Waals surface area contributed by atoms with Crippen LogP contribution in [-0.4, -0.2) is 23.9 Å². The molecule has 1 aliphatic heterocycles. The summed E-state index contributed by atoms with van der Waals surface area (Å²) < 4.78 is 1.02. The summed E-state index contributed by atoms with van der Waals surface area (Å²) in [5.41, 5.74) is 0. The summed E-state index contributed by atoms with van der Waals surface area (Å²) in [6.07, 6.45) is 32.0. The van der Waals surface area contributed by atoms with Gasteiger partial charge in [0.2, 0.25) is 0 Å². The smallest absolute Gasteiger partial charge is 0.194 e. The summed E-state index contributed by atoms with van der Waals surface area (Å²) in [5, 5.41) is 0. The van der Waals surface area contributed by atoms with Crippen LogP contribution in [0.3, 0.4) is 0 Å². The molecule has 0 bridgehead atoms. The van der Waals surface area contributed by atoms with E-state index in [1.54, 1.807) is 0 Å². The highest BCUT2D eigenvalue weighted by molar-refractivity contribution is 5.50. The van der Waals surface area contributed by atoms with Crippen molar-refractivity contribution in [2.75, 3.05) is 13.1 Å². The van der Waals surface area contributed by atoms with Crippen LogP contribution in [0.15, 0.2) is 17.4 Å².